The van der Waals surface area contributed by atoms with E-state index < -0.39 is 10.0 Å². The first-order valence-corrected chi connectivity index (χ1v) is 8.26. The SMILES string of the molecule is NC(=S)c1ncccc1S(=O)(=O)NCCC1CCCO1. The Morgan fingerprint density at radius 3 is 3.05 bits per heavy atom. The van der Waals surface area contributed by atoms with Crippen LogP contribution in [0.2, 0.25) is 0 Å². The topological polar surface area (TPSA) is 94.3 Å². The predicted octanol–water partition coefficient (Wildman–Crippen LogP) is 0.563. The van der Waals surface area contributed by atoms with Crippen molar-refractivity contribution in [3.8, 4) is 0 Å². The molecule has 0 aliphatic carbocycles. The summed E-state index contributed by atoms with van der Waals surface area (Å²) in [5.41, 5.74) is 5.61. The van der Waals surface area contributed by atoms with E-state index in [9.17, 15) is 8.42 Å². The number of nitrogens with zero attached hydrogens (tertiary/aromatic N) is 1. The minimum Gasteiger partial charge on any atom is -0.388 e. The Hall–Kier alpha value is -1.09. The molecule has 1 aliphatic heterocycles. The number of sulfonamides is 1. The van der Waals surface area contributed by atoms with E-state index in [1.165, 1.54) is 18.3 Å². The molecule has 2 rings (SSSR count). The van der Waals surface area contributed by atoms with Gasteiger partial charge in [-0.05, 0) is 31.4 Å². The molecule has 0 bridgehead atoms. The van der Waals surface area contributed by atoms with Crippen molar-refractivity contribution in [1.82, 2.24) is 9.71 Å². The third kappa shape index (κ3) is 3.72. The summed E-state index contributed by atoms with van der Waals surface area (Å²) in [6.45, 7) is 1.07. The molecule has 0 amide bonds. The number of ether oxygens (including phenoxy) is 1. The highest BCUT2D eigenvalue weighted by Gasteiger charge is 2.21. The van der Waals surface area contributed by atoms with Crippen LogP contribution in [0, 0.1) is 0 Å². The monoisotopic (exact) mass is 315 g/mol. The molecule has 0 saturated carbocycles. The molecule has 3 N–H and O–H groups in total. The van der Waals surface area contributed by atoms with Crippen LogP contribution in [0.15, 0.2) is 23.2 Å². The van der Waals surface area contributed by atoms with Gasteiger partial charge in [0.25, 0.3) is 0 Å². The van der Waals surface area contributed by atoms with Gasteiger partial charge in [-0.2, -0.15) is 0 Å². The molecule has 0 aromatic carbocycles. The third-order valence-corrected chi connectivity index (χ3v) is 4.76. The first-order chi connectivity index (χ1) is 9.50. The summed E-state index contributed by atoms with van der Waals surface area (Å²) in [6, 6.07) is 2.98. The number of thiocarbonyl (C=S) groups is 1. The minimum atomic E-state index is -3.66. The number of hydrogen-bond acceptors (Lipinski definition) is 5. The van der Waals surface area contributed by atoms with Gasteiger partial charge < -0.3 is 10.5 Å². The fourth-order valence-corrected chi connectivity index (χ4v) is 3.54. The van der Waals surface area contributed by atoms with Crippen LogP contribution in [-0.2, 0) is 14.8 Å². The van der Waals surface area contributed by atoms with E-state index in [1.807, 2.05) is 0 Å². The number of aromatic nitrogens is 1. The van der Waals surface area contributed by atoms with E-state index in [-0.39, 0.29) is 21.7 Å². The van der Waals surface area contributed by atoms with Gasteiger partial charge in [-0.1, -0.05) is 12.2 Å². The van der Waals surface area contributed by atoms with Crippen LogP contribution in [0.25, 0.3) is 0 Å². The van der Waals surface area contributed by atoms with E-state index in [0.717, 1.165) is 19.4 Å². The van der Waals surface area contributed by atoms with Crippen LogP contribution in [-0.4, -0.2) is 37.6 Å². The van der Waals surface area contributed by atoms with E-state index in [0.29, 0.717) is 13.0 Å². The normalized spacial score (nSPS) is 19.1. The molecular formula is C12H17N3O3S2. The number of hydrogen-bond donors (Lipinski definition) is 2. The fourth-order valence-electron chi connectivity index (χ4n) is 2.10. The fraction of sp³-hybridized carbons (Fsp3) is 0.500. The Morgan fingerprint density at radius 1 is 1.60 bits per heavy atom. The Morgan fingerprint density at radius 2 is 2.40 bits per heavy atom. The van der Waals surface area contributed by atoms with Gasteiger partial charge in [0.1, 0.15) is 15.6 Å². The van der Waals surface area contributed by atoms with Gasteiger partial charge in [0.05, 0.1) is 6.10 Å². The summed E-state index contributed by atoms with van der Waals surface area (Å²) in [6.07, 6.45) is 4.27. The van der Waals surface area contributed by atoms with Crippen LogP contribution >= 0.6 is 12.2 Å². The van der Waals surface area contributed by atoms with E-state index in [1.54, 1.807) is 0 Å². The molecule has 1 atom stereocenters. The van der Waals surface area contributed by atoms with Crippen LogP contribution in [0.5, 0.6) is 0 Å². The van der Waals surface area contributed by atoms with Gasteiger partial charge in [0.2, 0.25) is 10.0 Å². The average Bonchev–Trinajstić information content (AvgIpc) is 2.91. The zero-order valence-corrected chi connectivity index (χ0v) is 12.5. The smallest absolute Gasteiger partial charge is 0.242 e. The molecule has 0 radical (unpaired) electrons. The van der Waals surface area contributed by atoms with Crippen molar-refractivity contribution in [2.75, 3.05) is 13.2 Å². The van der Waals surface area contributed by atoms with Gasteiger partial charge >= 0.3 is 0 Å². The lowest BCUT2D eigenvalue weighted by molar-refractivity contribution is 0.105. The Balaban J connectivity index is 2.04. The molecule has 1 fully saturated rings. The molecule has 8 heteroatoms. The summed E-state index contributed by atoms with van der Waals surface area (Å²) < 4.78 is 32.4. The maximum absolute atomic E-state index is 12.2. The van der Waals surface area contributed by atoms with Crippen molar-refractivity contribution in [1.29, 1.82) is 0 Å². The summed E-state index contributed by atoms with van der Waals surface area (Å²) in [5.74, 6) is 0. The molecule has 1 aliphatic rings. The van der Waals surface area contributed by atoms with Crippen molar-refractivity contribution >= 4 is 27.2 Å². The van der Waals surface area contributed by atoms with Gasteiger partial charge in [0, 0.05) is 19.3 Å². The van der Waals surface area contributed by atoms with Gasteiger partial charge in [-0.25, -0.2) is 13.1 Å². The molecule has 110 valence electrons. The second-order valence-corrected chi connectivity index (χ2v) is 6.71. The molecule has 1 saturated heterocycles. The highest BCUT2D eigenvalue weighted by atomic mass is 32.2. The number of rotatable bonds is 6. The van der Waals surface area contributed by atoms with Gasteiger partial charge in [0.15, 0.2) is 0 Å². The van der Waals surface area contributed by atoms with Crippen molar-refractivity contribution < 1.29 is 13.2 Å². The molecule has 1 aromatic heterocycles. The quantitative estimate of drug-likeness (QED) is 0.745. The second kappa shape index (κ2) is 6.57. The van der Waals surface area contributed by atoms with Crippen molar-refractivity contribution in [3.63, 3.8) is 0 Å². The lowest BCUT2D eigenvalue weighted by Gasteiger charge is -2.12. The van der Waals surface area contributed by atoms with Crippen LogP contribution < -0.4 is 10.5 Å². The summed E-state index contributed by atoms with van der Waals surface area (Å²) >= 11 is 4.82. The van der Waals surface area contributed by atoms with E-state index in [4.69, 9.17) is 22.7 Å². The molecule has 2 heterocycles. The summed E-state index contributed by atoms with van der Waals surface area (Å²) in [7, 11) is -3.66. The number of nitrogens with one attached hydrogen (secondary N) is 1. The van der Waals surface area contributed by atoms with Crippen LogP contribution in [0.3, 0.4) is 0 Å². The molecular weight excluding hydrogens is 298 g/mol. The Labute approximate surface area is 123 Å². The molecule has 0 spiro atoms. The zero-order chi connectivity index (χ0) is 14.6. The maximum atomic E-state index is 12.2. The van der Waals surface area contributed by atoms with Crippen LogP contribution in [0.1, 0.15) is 25.0 Å². The lowest BCUT2D eigenvalue weighted by atomic mass is 10.2. The predicted molar refractivity (Wildman–Crippen MR) is 78.9 cm³/mol. The Bertz CT molecular complexity index is 583. The second-order valence-electron chi connectivity index (χ2n) is 4.54. The van der Waals surface area contributed by atoms with Crippen molar-refractivity contribution in [2.45, 2.75) is 30.3 Å². The summed E-state index contributed by atoms with van der Waals surface area (Å²) in [4.78, 5) is 3.90. The van der Waals surface area contributed by atoms with E-state index in [2.05, 4.69) is 9.71 Å². The zero-order valence-electron chi connectivity index (χ0n) is 10.9. The highest BCUT2D eigenvalue weighted by molar-refractivity contribution is 7.89. The molecule has 1 unspecified atom stereocenters. The maximum Gasteiger partial charge on any atom is 0.242 e. The molecule has 6 nitrogen and oxygen atoms in total. The first kappa shape index (κ1) is 15.3. The number of pyridine rings is 1. The average molecular weight is 315 g/mol. The van der Waals surface area contributed by atoms with Crippen molar-refractivity contribution in [2.24, 2.45) is 5.73 Å². The van der Waals surface area contributed by atoms with Crippen LogP contribution in [0.4, 0.5) is 0 Å². The largest absolute Gasteiger partial charge is 0.388 e. The molecule has 20 heavy (non-hydrogen) atoms. The number of nitrogens with two attached hydrogens (primary N) is 1. The highest BCUT2D eigenvalue weighted by Crippen LogP contribution is 2.16. The van der Waals surface area contributed by atoms with Gasteiger partial charge in [-0.3, -0.25) is 4.98 Å². The lowest BCUT2D eigenvalue weighted by Crippen LogP contribution is -2.29. The minimum absolute atomic E-state index is 0.0137. The third-order valence-electron chi connectivity index (χ3n) is 3.08. The van der Waals surface area contributed by atoms with Gasteiger partial charge in [-0.15, -0.1) is 0 Å². The van der Waals surface area contributed by atoms with Crippen molar-refractivity contribution in [3.05, 3.63) is 24.0 Å². The standard InChI is InChI=1S/C12H17N3O3S2/c13-12(19)11-10(4-1-6-14-11)20(16,17)15-7-5-9-3-2-8-18-9/h1,4,6,9,15H,2-3,5,7-8H2,(H2,13,19). The summed E-state index contributed by atoms with van der Waals surface area (Å²) in [5, 5.41) is 0. The molecule has 1 aromatic rings. The Kier molecular flexibility index (Phi) is 5.03. The van der Waals surface area contributed by atoms with E-state index >= 15 is 0 Å². The first-order valence-electron chi connectivity index (χ1n) is 6.37.